The van der Waals surface area contributed by atoms with E-state index in [9.17, 15) is 4.39 Å². The van der Waals surface area contributed by atoms with Gasteiger partial charge >= 0.3 is 0 Å². The number of pyridine rings is 1. The molecule has 12 heavy (non-hydrogen) atoms. The summed E-state index contributed by atoms with van der Waals surface area (Å²) in [6.45, 7) is 6.07. The van der Waals surface area contributed by atoms with Crippen LogP contribution in [0.25, 0.3) is 0 Å². The van der Waals surface area contributed by atoms with Gasteiger partial charge in [-0.2, -0.15) is 0 Å². The molecule has 1 rings (SSSR count). The van der Waals surface area contributed by atoms with Gasteiger partial charge in [-0.1, -0.05) is 20.8 Å². The zero-order valence-electron chi connectivity index (χ0n) is 7.36. The SMILES string of the molecule is CC(C)(C)c1nccc(F)c1I. The van der Waals surface area contributed by atoms with Gasteiger partial charge in [-0.15, -0.1) is 0 Å². The van der Waals surface area contributed by atoms with Crippen LogP contribution in [0.3, 0.4) is 0 Å². The van der Waals surface area contributed by atoms with Gasteiger partial charge in [0.1, 0.15) is 5.82 Å². The van der Waals surface area contributed by atoms with Crippen molar-refractivity contribution in [3.63, 3.8) is 0 Å². The van der Waals surface area contributed by atoms with E-state index in [-0.39, 0.29) is 11.2 Å². The van der Waals surface area contributed by atoms with Crippen molar-refractivity contribution in [3.05, 3.63) is 27.3 Å². The fraction of sp³-hybridized carbons (Fsp3) is 0.444. The zero-order valence-corrected chi connectivity index (χ0v) is 9.52. The maximum absolute atomic E-state index is 13.1. The Labute approximate surface area is 85.5 Å². The van der Waals surface area contributed by atoms with E-state index >= 15 is 0 Å². The molecule has 0 aliphatic heterocycles. The van der Waals surface area contributed by atoms with Crippen molar-refractivity contribution in [2.24, 2.45) is 0 Å². The van der Waals surface area contributed by atoms with E-state index in [1.54, 1.807) is 0 Å². The highest BCUT2D eigenvalue weighted by molar-refractivity contribution is 14.1. The molecule has 0 aromatic carbocycles. The number of nitrogens with zero attached hydrogens (tertiary/aromatic N) is 1. The lowest BCUT2D eigenvalue weighted by molar-refractivity contribution is 0.544. The molecule has 0 saturated heterocycles. The van der Waals surface area contributed by atoms with Gasteiger partial charge < -0.3 is 0 Å². The van der Waals surface area contributed by atoms with Gasteiger partial charge in [-0.05, 0) is 28.7 Å². The maximum atomic E-state index is 13.1. The average Bonchev–Trinajstić information content (AvgIpc) is 1.92. The molecule has 0 unspecified atom stereocenters. The molecule has 0 aliphatic carbocycles. The second-order valence-electron chi connectivity index (χ2n) is 3.71. The Hall–Kier alpha value is -0.190. The van der Waals surface area contributed by atoms with Crippen LogP contribution in [0.2, 0.25) is 0 Å². The highest BCUT2D eigenvalue weighted by Crippen LogP contribution is 2.25. The standard InChI is InChI=1S/C9H11FIN/c1-9(2,3)8-7(11)6(10)4-5-12-8/h4-5H,1-3H3. The third kappa shape index (κ3) is 1.94. The molecule has 0 aliphatic rings. The van der Waals surface area contributed by atoms with Crippen LogP contribution in [0, 0.1) is 9.39 Å². The lowest BCUT2D eigenvalue weighted by Gasteiger charge is -2.18. The minimum absolute atomic E-state index is 0.0847. The van der Waals surface area contributed by atoms with Gasteiger partial charge in [0, 0.05) is 11.6 Å². The molecule has 0 bridgehead atoms. The van der Waals surface area contributed by atoms with Crippen LogP contribution in [0.15, 0.2) is 12.3 Å². The predicted molar refractivity (Wildman–Crippen MR) is 55.6 cm³/mol. The monoisotopic (exact) mass is 279 g/mol. The first-order chi connectivity index (χ1) is 5.43. The molecule has 3 heteroatoms. The van der Waals surface area contributed by atoms with Crippen molar-refractivity contribution in [3.8, 4) is 0 Å². The molecule has 0 atom stereocenters. The Morgan fingerprint density at radius 1 is 1.42 bits per heavy atom. The van der Waals surface area contributed by atoms with Crippen LogP contribution in [0.5, 0.6) is 0 Å². The first-order valence-electron chi connectivity index (χ1n) is 3.73. The highest BCUT2D eigenvalue weighted by Gasteiger charge is 2.20. The molecule has 0 N–H and O–H groups in total. The second-order valence-corrected chi connectivity index (χ2v) is 4.78. The minimum atomic E-state index is -0.185. The van der Waals surface area contributed by atoms with E-state index in [4.69, 9.17) is 0 Å². The molecule has 0 fully saturated rings. The molecule has 0 saturated carbocycles. The van der Waals surface area contributed by atoms with E-state index < -0.39 is 0 Å². The fourth-order valence-corrected chi connectivity index (χ4v) is 2.07. The van der Waals surface area contributed by atoms with Crippen molar-refractivity contribution >= 4 is 22.6 Å². The van der Waals surface area contributed by atoms with Crippen LogP contribution in [0.1, 0.15) is 26.5 Å². The van der Waals surface area contributed by atoms with E-state index in [1.807, 2.05) is 43.4 Å². The number of aromatic nitrogens is 1. The summed E-state index contributed by atoms with van der Waals surface area (Å²) in [4.78, 5) is 4.16. The van der Waals surface area contributed by atoms with Crippen LogP contribution >= 0.6 is 22.6 Å². The molecule has 1 nitrogen and oxygen atoms in total. The van der Waals surface area contributed by atoms with Gasteiger partial charge in [-0.3, -0.25) is 4.98 Å². The van der Waals surface area contributed by atoms with Crippen molar-refractivity contribution in [1.29, 1.82) is 0 Å². The number of hydrogen-bond acceptors (Lipinski definition) is 1. The summed E-state index contributed by atoms with van der Waals surface area (Å²) in [5.74, 6) is -0.185. The van der Waals surface area contributed by atoms with Crippen LogP contribution < -0.4 is 0 Å². The van der Waals surface area contributed by atoms with Gasteiger partial charge in [0.2, 0.25) is 0 Å². The molecule has 0 amide bonds. The number of hydrogen-bond donors (Lipinski definition) is 0. The summed E-state index contributed by atoms with van der Waals surface area (Å²) >= 11 is 1.99. The second kappa shape index (κ2) is 3.28. The molecule has 1 heterocycles. The van der Waals surface area contributed by atoms with Crippen molar-refractivity contribution in [2.45, 2.75) is 26.2 Å². The van der Waals surface area contributed by atoms with Crippen molar-refractivity contribution < 1.29 is 4.39 Å². The maximum Gasteiger partial charge on any atom is 0.139 e. The van der Waals surface area contributed by atoms with Crippen LogP contribution in [-0.4, -0.2) is 4.98 Å². The lowest BCUT2D eigenvalue weighted by atomic mass is 9.92. The molecule has 1 aromatic heterocycles. The third-order valence-corrected chi connectivity index (χ3v) is 2.58. The lowest BCUT2D eigenvalue weighted by Crippen LogP contribution is -2.16. The summed E-state index contributed by atoms with van der Waals surface area (Å²) < 4.78 is 13.7. The number of halogens is 2. The fourth-order valence-electron chi connectivity index (χ4n) is 0.943. The number of rotatable bonds is 0. The first-order valence-corrected chi connectivity index (χ1v) is 4.81. The third-order valence-electron chi connectivity index (χ3n) is 1.55. The van der Waals surface area contributed by atoms with Crippen LogP contribution in [-0.2, 0) is 5.41 Å². The average molecular weight is 279 g/mol. The molecular weight excluding hydrogens is 268 g/mol. The van der Waals surface area contributed by atoms with Crippen LogP contribution in [0.4, 0.5) is 4.39 Å². The largest absolute Gasteiger partial charge is 0.259 e. The zero-order chi connectivity index (χ0) is 9.35. The first kappa shape index (κ1) is 9.89. The summed E-state index contributed by atoms with van der Waals surface area (Å²) in [6.07, 6.45) is 1.51. The molecule has 0 spiro atoms. The molecular formula is C9H11FIN. The Kier molecular flexibility index (Phi) is 2.70. The highest BCUT2D eigenvalue weighted by atomic mass is 127. The summed E-state index contributed by atoms with van der Waals surface area (Å²) in [7, 11) is 0. The van der Waals surface area contributed by atoms with E-state index in [0.717, 1.165) is 5.69 Å². The molecule has 66 valence electrons. The molecule has 0 radical (unpaired) electrons. The van der Waals surface area contributed by atoms with E-state index in [0.29, 0.717) is 3.57 Å². The van der Waals surface area contributed by atoms with E-state index in [2.05, 4.69) is 4.98 Å². The van der Waals surface area contributed by atoms with E-state index in [1.165, 1.54) is 12.3 Å². The quantitative estimate of drug-likeness (QED) is 0.665. The summed E-state index contributed by atoms with van der Waals surface area (Å²) in [5, 5.41) is 0. The van der Waals surface area contributed by atoms with Crippen molar-refractivity contribution in [2.75, 3.05) is 0 Å². The topological polar surface area (TPSA) is 12.9 Å². The predicted octanol–water partition coefficient (Wildman–Crippen LogP) is 3.12. The van der Waals surface area contributed by atoms with Gasteiger partial charge in [-0.25, -0.2) is 4.39 Å². The Morgan fingerprint density at radius 2 is 2.00 bits per heavy atom. The van der Waals surface area contributed by atoms with Crippen molar-refractivity contribution in [1.82, 2.24) is 4.98 Å². The summed E-state index contributed by atoms with van der Waals surface area (Å²) in [5.41, 5.74) is 0.738. The normalized spacial score (nSPS) is 11.8. The van der Waals surface area contributed by atoms with Gasteiger partial charge in [0.25, 0.3) is 0 Å². The Bertz CT molecular complexity index is 291. The Balaban J connectivity index is 3.26. The molecule has 1 aromatic rings. The van der Waals surface area contributed by atoms with Gasteiger partial charge in [0.05, 0.1) is 9.26 Å². The minimum Gasteiger partial charge on any atom is -0.259 e. The van der Waals surface area contributed by atoms with Gasteiger partial charge in [0.15, 0.2) is 0 Å². The summed E-state index contributed by atoms with van der Waals surface area (Å²) in [6, 6.07) is 1.39. The smallest absolute Gasteiger partial charge is 0.139 e. The Morgan fingerprint density at radius 3 is 2.42 bits per heavy atom.